The quantitative estimate of drug-likeness (QED) is 0.381. The maximum absolute atomic E-state index is 13.0. The van der Waals surface area contributed by atoms with Crippen molar-refractivity contribution in [3.8, 4) is 0 Å². The van der Waals surface area contributed by atoms with Crippen molar-refractivity contribution in [1.82, 2.24) is 4.72 Å². The highest BCUT2D eigenvalue weighted by atomic mass is 32.2. The fourth-order valence-electron chi connectivity index (χ4n) is 3.72. The Morgan fingerprint density at radius 2 is 1.70 bits per heavy atom. The van der Waals surface area contributed by atoms with Gasteiger partial charge in [-0.15, -0.1) is 0 Å². The standard InChI is InChI=1S/C22H28N4O3S/c1-15-6-12-19(13-7-15)30(28,29)26-20(14-16-4-2-3-5-16)22(27)25-18-10-8-17(9-11-18)21(23)24/h6-13,16,20,26H,2-5,14H2,1H3,(H3,23,24)(H,25,27). The predicted octanol–water partition coefficient (Wildman–Crippen LogP) is 3.14. The zero-order chi connectivity index (χ0) is 21.7. The third-order valence-corrected chi connectivity index (χ3v) is 6.94. The van der Waals surface area contributed by atoms with Crippen LogP contribution in [0.4, 0.5) is 5.69 Å². The van der Waals surface area contributed by atoms with Crippen molar-refractivity contribution in [2.24, 2.45) is 11.7 Å². The molecule has 0 saturated heterocycles. The Morgan fingerprint density at radius 3 is 2.27 bits per heavy atom. The Hall–Kier alpha value is -2.71. The third-order valence-electron chi connectivity index (χ3n) is 5.45. The van der Waals surface area contributed by atoms with Crippen LogP contribution in [0, 0.1) is 18.3 Å². The summed E-state index contributed by atoms with van der Waals surface area (Å²) in [5.41, 5.74) is 7.49. The summed E-state index contributed by atoms with van der Waals surface area (Å²) < 4.78 is 28.4. The number of sulfonamides is 1. The van der Waals surface area contributed by atoms with Crippen LogP contribution in [0.15, 0.2) is 53.4 Å². The van der Waals surface area contributed by atoms with Gasteiger partial charge in [0.05, 0.1) is 4.90 Å². The fourth-order valence-corrected chi connectivity index (χ4v) is 4.93. The van der Waals surface area contributed by atoms with Crippen LogP contribution in [0.3, 0.4) is 0 Å². The minimum absolute atomic E-state index is 0.0576. The maximum Gasteiger partial charge on any atom is 0.242 e. The molecule has 160 valence electrons. The number of aryl methyl sites for hydroxylation is 1. The molecule has 1 fully saturated rings. The molecule has 2 aromatic carbocycles. The molecule has 1 aliphatic carbocycles. The molecule has 3 rings (SSSR count). The third kappa shape index (κ3) is 5.67. The van der Waals surface area contributed by atoms with E-state index in [9.17, 15) is 13.2 Å². The van der Waals surface area contributed by atoms with Gasteiger partial charge in [-0.3, -0.25) is 10.2 Å². The lowest BCUT2D eigenvalue weighted by Crippen LogP contribution is -2.44. The van der Waals surface area contributed by atoms with Crippen LogP contribution in [0.25, 0.3) is 0 Å². The van der Waals surface area contributed by atoms with Gasteiger partial charge in [0.1, 0.15) is 11.9 Å². The summed E-state index contributed by atoms with van der Waals surface area (Å²) in [6.07, 6.45) is 4.68. The molecule has 0 aliphatic heterocycles. The second-order valence-electron chi connectivity index (χ2n) is 7.85. The fraction of sp³-hybridized carbons (Fsp3) is 0.364. The predicted molar refractivity (Wildman–Crippen MR) is 118 cm³/mol. The summed E-state index contributed by atoms with van der Waals surface area (Å²) in [4.78, 5) is 13.1. The number of nitrogens with one attached hydrogen (secondary N) is 3. The molecule has 0 heterocycles. The molecule has 0 aromatic heterocycles. The van der Waals surface area contributed by atoms with E-state index in [2.05, 4.69) is 10.0 Å². The zero-order valence-electron chi connectivity index (χ0n) is 17.0. The van der Waals surface area contributed by atoms with E-state index in [1.165, 1.54) is 0 Å². The van der Waals surface area contributed by atoms with Crippen LogP contribution in [-0.2, 0) is 14.8 Å². The summed E-state index contributed by atoms with van der Waals surface area (Å²) >= 11 is 0. The number of hydrogen-bond donors (Lipinski definition) is 4. The van der Waals surface area contributed by atoms with Crippen molar-refractivity contribution < 1.29 is 13.2 Å². The number of benzene rings is 2. The van der Waals surface area contributed by atoms with E-state index in [-0.39, 0.29) is 10.7 Å². The Balaban J connectivity index is 1.77. The SMILES string of the molecule is Cc1ccc(S(=O)(=O)NC(CC2CCCC2)C(=O)Nc2ccc(C(=N)N)cc2)cc1. The number of amidine groups is 1. The van der Waals surface area contributed by atoms with Crippen molar-refractivity contribution in [3.05, 3.63) is 59.7 Å². The first kappa shape index (κ1) is 22.0. The van der Waals surface area contributed by atoms with Gasteiger partial charge in [-0.25, -0.2) is 8.42 Å². The highest BCUT2D eigenvalue weighted by molar-refractivity contribution is 7.89. The number of rotatable bonds is 8. The molecule has 7 nitrogen and oxygen atoms in total. The second kappa shape index (κ2) is 9.40. The molecule has 0 bridgehead atoms. The molecule has 2 aromatic rings. The van der Waals surface area contributed by atoms with Crippen molar-refractivity contribution in [2.45, 2.75) is 50.0 Å². The molecule has 5 N–H and O–H groups in total. The number of anilines is 1. The minimum atomic E-state index is -3.83. The summed E-state index contributed by atoms with van der Waals surface area (Å²) in [6.45, 7) is 1.89. The number of nitrogen functional groups attached to an aromatic ring is 1. The number of nitrogens with two attached hydrogens (primary N) is 1. The lowest BCUT2D eigenvalue weighted by molar-refractivity contribution is -0.118. The van der Waals surface area contributed by atoms with E-state index in [0.717, 1.165) is 31.2 Å². The smallest absolute Gasteiger partial charge is 0.242 e. The van der Waals surface area contributed by atoms with E-state index in [1.807, 2.05) is 6.92 Å². The van der Waals surface area contributed by atoms with E-state index >= 15 is 0 Å². The van der Waals surface area contributed by atoms with E-state index in [0.29, 0.717) is 23.6 Å². The topological polar surface area (TPSA) is 125 Å². The number of hydrogen-bond acceptors (Lipinski definition) is 4. The van der Waals surface area contributed by atoms with Crippen LogP contribution in [-0.4, -0.2) is 26.2 Å². The van der Waals surface area contributed by atoms with Crippen molar-refractivity contribution >= 4 is 27.5 Å². The van der Waals surface area contributed by atoms with Gasteiger partial charge in [0.2, 0.25) is 15.9 Å². The first-order valence-corrected chi connectivity index (χ1v) is 11.6. The lowest BCUT2D eigenvalue weighted by Gasteiger charge is -2.21. The van der Waals surface area contributed by atoms with Crippen LogP contribution >= 0.6 is 0 Å². The highest BCUT2D eigenvalue weighted by Gasteiger charge is 2.29. The van der Waals surface area contributed by atoms with Crippen LogP contribution < -0.4 is 15.8 Å². The molecule has 0 radical (unpaired) electrons. The van der Waals surface area contributed by atoms with Crippen LogP contribution in [0.1, 0.15) is 43.2 Å². The van der Waals surface area contributed by atoms with Gasteiger partial charge in [-0.05, 0) is 55.7 Å². The molecule has 1 atom stereocenters. The highest BCUT2D eigenvalue weighted by Crippen LogP contribution is 2.29. The molecular weight excluding hydrogens is 400 g/mol. The first-order valence-electron chi connectivity index (χ1n) is 10.1. The van der Waals surface area contributed by atoms with Gasteiger partial charge in [0.15, 0.2) is 0 Å². The van der Waals surface area contributed by atoms with Gasteiger partial charge < -0.3 is 11.1 Å². The number of carbonyl (C=O) groups excluding carboxylic acids is 1. The summed E-state index contributed by atoms with van der Waals surface area (Å²) in [6, 6.07) is 12.3. The Morgan fingerprint density at radius 1 is 1.10 bits per heavy atom. The largest absolute Gasteiger partial charge is 0.384 e. The lowest BCUT2D eigenvalue weighted by atomic mass is 9.98. The summed E-state index contributed by atoms with van der Waals surface area (Å²) in [7, 11) is -3.83. The van der Waals surface area contributed by atoms with Gasteiger partial charge in [0.25, 0.3) is 0 Å². The number of amides is 1. The van der Waals surface area contributed by atoms with Crippen molar-refractivity contribution in [2.75, 3.05) is 5.32 Å². The first-order chi connectivity index (χ1) is 14.2. The maximum atomic E-state index is 13.0. The molecule has 1 amide bonds. The molecule has 30 heavy (non-hydrogen) atoms. The average molecular weight is 429 g/mol. The number of carbonyl (C=O) groups is 1. The van der Waals surface area contributed by atoms with Crippen LogP contribution in [0.2, 0.25) is 0 Å². The van der Waals surface area contributed by atoms with E-state index in [1.54, 1.807) is 48.5 Å². The van der Waals surface area contributed by atoms with Gasteiger partial charge in [-0.2, -0.15) is 4.72 Å². The van der Waals surface area contributed by atoms with Gasteiger partial charge >= 0.3 is 0 Å². The molecule has 1 unspecified atom stereocenters. The van der Waals surface area contributed by atoms with E-state index < -0.39 is 22.0 Å². The normalized spacial score (nSPS) is 15.6. The Bertz CT molecular complexity index is 996. The zero-order valence-corrected chi connectivity index (χ0v) is 17.8. The summed E-state index contributed by atoms with van der Waals surface area (Å²) in [5.74, 6) is -0.132. The monoisotopic (exact) mass is 428 g/mol. The van der Waals surface area contributed by atoms with Crippen molar-refractivity contribution in [3.63, 3.8) is 0 Å². The second-order valence-corrected chi connectivity index (χ2v) is 9.57. The molecule has 0 spiro atoms. The Labute approximate surface area is 177 Å². The minimum Gasteiger partial charge on any atom is -0.384 e. The Kier molecular flexibility index (Phi) is 6.89. The molecule has 1 saturated carbocycles. The summed E-state index contributed by atoms with van der Waals surface area (Å²) in [5, 5.41) is 10.2. The van der Waals surface area contributed by atoms with Gasteiger partial charge in [-0.1, -0.05) is 43.4 Å². The molecule has 1 aliphatic rings. The molecule has 8 heteroatoms. The van der Waals surface area contributed by atoms with E-state index in [4.69, 9.17) is 11.1 Å². The van der Waals surface area contributed by atoms with Crippen molar-refractivity contribution in [1.29, 1.82) is 5.41 Å². The average Bonchev–Trinajstić information content (AvgIpc) is 3.21. The molecular formula is C22H28N4O3S. The van der Waals surface area contributed by atoms with Gasteiger partial charge in [0, 0.05) is 11.3 Å². The van der Waals surface area contributed by atoms with Crippen LogP contribution in [0.5, 0.6) is 0 Å².